The topological polar surface area (TPSA) is 85.2 Å². The van der Waals surface area contributed by atoms with E-state index in [1.54, 1.807) is 0 Å². The number of hydrogen-bond donors (Lipinski definition) is 1. The third-order valence-electron chi connectivity index (χ3n) is 5.78. The summed E-state index contributed by atoms with van der Waals surface area (Å²) in [7, 11) is 0. The van der Waals surface area contributed by atoms with Gasteiger partial charge in [0.05, 0.1) is 16.6 Å². The minimum absolute atomic E-state index is 0. The van der Waals surface area contributed by atoms with Crippen molar-refractivity contribution in [2.75, 3.05) is 17.2 Å². The fourth-order valence-corrected chi connectivity index (χ4v) is 4.20. The summed E-state index contributed by atoms with van der Waals surface area (Å²) in [6.45, 7) is 2.78. The number of nitrogens with zero attached hydrogens (tertiary/aromatic N) is 3. The van der Waals surface area contributed by atoms with E-state index in [9.17, 15) is 4.79 Å². The number of pyridine rings is 1. The SMILES string of the molecule is CCCc1noc2nc(C3CC3)cc(C(=O)N3CCCc4c(N)cccc43)c12.Cl. The molecule has 0 bridgehead atoms. The van der Waals surface area contributed by atoms with E-state index in [0.29, 0.717) is 23.7 Å². The smallest absolute Gasteiger partial charge is 0.259 e. The number of hydrogen-bond acceptors (Lipinski definition) is 5. The predicted octanol–water partition coefficient (Wildman–Crippen LogP) is 4.65. The number of nitrogen functional groups attached to an aromatic ring is 1. The Morgan fingerprint density at radius 3 is 2.93 bits per heavy atom. The van der Waals surface area contributed by atoms with Crippen LogP contribution in [0.4, 0.5) is 11.4 Å². The Kier molecular flexibility index (Phi) is 5.21. The average Bonchev–Trinajstić information content (AvgIpc) is 3.49. The normalized spacial score (nSPS) is 15.8. The van der Waals surface area contributed by atoms with Gasteiger partial charge in [0.25, 0.3) is 11.6 Å². The summed E-state index contributed by atoms with van der Waals surface area (Å²) in [5, 5.41) is 4.99. The van der Waals surface area contributed by atoms with Crippen molar-refractivity contribution in [3.8, 4) is 0 Å². The number of aromatic nitrogens is 2. The Balaban J connectivity index is 0.00000205. The van der Waals surface area contributed by atoms with Gasteiger partial charge in [-0.05, 0) is 55.9 Å². The second-order valence-corrected chi connectivity index (χ2v) is 7.83. The van der Waals surface area contributed by atoms with Gasteiger partial charge in [0.15, 0.2) is 0 Å². The van der Waals surface area contributed by atoms with Gasteiger partial charge in [0.1, 0.15) is 0 Å². The molecule has 1 amide bonds. The molecule has 0 atom stereocenters. The summed E-state index contributed by atoms with van der Waals surface area (Å²) in [5.74, 6) is 0.418. The second kappa shape index (κ2) is 7.67. The molecule has 1 aliphatic carbocycles. The maximum atomic E-state index is 13.7. The van der Waals surface area contributed by atoms with Crippen molar-refractivity contribution in [1.82, 2.24) is 10.1 Å². The number of fused-ring (bicyclic) bond motifs is 2. The van der Waals surface area contributed by atoms with Crippen molar-refractivity contribution in [2.24, 2.45) is 0 Å². The number of carbonyl (C=O) groups excluding carboxylic acids is 1. The number of halogens is 1. The highest BCUT2D eigenvalue weighted by atomic mass is 35.5. The van der Waals surface area contributed by atoms with Crippen molar-refractivity contribution in [2.45, 2.75) is 51.4 Å². The molecule has 5 rings (SSSR count). The van der Waals surface area contributed by atoms with E-state index in [-0.39, 0.29) is 18.3 Å². The highest BCUT2D eigenvalue weighted by Gasteiger charge is 2.32. The van der Waals surface area contributed by atoms with Crippen LogP contribution < -0.4 is 10.6 Å². The molecule has 2 aromatic heterocycles. The summed E-state index contributed by atoms with van der Waals surface area (Å²) in [4.78, 5) is 20.3. The molecule has 3 heterocycles. The molecular formula is C22H25ClN4O2. The van der Waals surface area contributed by atoms with E-state index in [1.165, 1.54) is 0 Å². The van der Waals surface area contributed by atoms with Gasteiger partial charge in [0.2, 0.25) is 0 Å². The lowest BCUT2D eigenvalue weighted by atomic mass is 9.98. The predicted molar refractivity (Wildman–Crippen MR) is 116 cm³/mol. The number of nitrogens with two attached hydrogens (primary N) is 1. The molecule has 3 aromatic rings. The third kappa shape index (κ3) is 3.35. The highest BCUT2D eigenvalue weighted by molar-refractivity contribution is 6.14. The fraction of sp³-hybridized carbons (Fsp3) is 0.409. The van der Waals surface area contributed by atoms with Crippen LogP contribution in [0.1, 0.15) is 65.8 Å². The van der Waals surface area contributed by atoms with Gasteiger partial charge in [-0.1, -0.05) is 24.6 Å². The summed E-state index contributed by atoms with van der Waals surface area (Å²) < 4.78 is 5.54. The number of amides is 1. The van der Waals surface area contributed by atoms with Gasteiger partial charge in [0, 0.05) is 29.5 Å². The molecule has 152 valence electrons. The van der Waals surface area contributed by atoms with Crippen molar-refractivity contribution < 1.29 is 9.32 Å². The van der Waals surface area contributed by atoms with Crippen LogP contribution in [-0.2, 0) is 12.8 Å². The maximum Gasteiger partial charge on any atom is 0.259 e. The zero-order valence-electron chi connectivity index (χ0n) is 16.5. The van der Waals surface area contributed by atoms with Crippen molar-refractivity contribution in [3.05, 3.63) is 46.8 Å². The van der Waals surface area contributed by atoms with Crippen LogP contribution in [0.3, 0.4) is 0 Å². The zero-order valence-corrected chi connectivity index (χ0v) is 17.3. The van der Waals surface area contributed by atoms with E-state index in [0.717, 1.165) is 72.2 Å². The van der Waals surface area contributed by atoms with Crippen molar-refractivity contribution >= 4 is 40.8 Å². The highest BCUT2D eigenvalue weighted by Crippen LogP contribution is 2.41. The molecule has 1 aliphatic heterocycles. The Morgan fingerprint density at radius 1 is 1.34 bits per heavy atom. The lowest BCUT2D eigenvalue weighted by Crippen LogP contribution is -2.36. The molecule has 7 heteroatoms. The van der Waals surface area contributed by atoms with Crippen LogP contribution in [0.2, 0.25) is 0 Å². The Morgan fingerprint density at radius 2 is 2.17 bits per heavy atom. The number of anilines is 2. The van der Waals surface area contributed by atoms with E-state index in [2.05, 4.69) is 17.1 Å². The Labute approximate surface area is 175 Å². The van der Waals surface area contributed by atoms with E-state index in [1.807, 2.05) is 29.2 Å². The van der Waals surface area contributed by atoms with E-state index in [4.69, 9.17) is 10.3 Å². The van der Waals surface area contributed by atoms with Gasteiger partial charge in [-0.2, -0.15) is 0 Å². The average molecular weight is 413 g/mol. The number of benzene rings is 1. The van der Waals surface area contributed by atoms with Gasteiger partial charge < -0.3 is 15.2 Å². The lowest BCUT2D eigenvalue weighted by molar-refractivity contribution is 0.0986. The van der Waals surface area contributed by atoms with Crippen molar-refractivity contribution in [3.63, 3.8) is 0 Å². The molecule has 0 radical (unpaired) electrons. The molecule has 1 aromatic carbocycles. The minimum Gasteiger partial charge on any atom is -0.398 e. The summed E-state index contributed by atoms with van der Waals surface area (Å²) >= 11 is 0. The molecule has 1 saturated carbocycles. The zero-order chi connectivity index (χ0) is 19.3. The molecule has 0 saturated heterocycles. The number of carbonyl (C=O) groups is 1. The fourth-order valence-electron chi connectivity index (χ4n) is 4.20. The van der Waals surface area contributed by atoms with Crippen LogP contribution in [0.15, 0.2) is 28.8 Å². The van der Waals surface area contributed by atoms with E-state index < -0.39 is 0 Å². The molecular weight excluding hydrogens is 388 g/mol. The second-order valence-electron chi connectivity index (χ2n) is 7.83. The van der Waals surface area contributed by atoms with Crippen LogP contribution >= 0.6 is 12.4 Å². The first-order valence-electron chi connectivity index (χ1n) is 10.2. The first kappa shape index (κ1) is 19.7. The van der Waals surface area contributed by atoms with Crippen LogP contribution in [-0.4, -0.2) is 22.6 Å². The van der Waals surface area contributed by atoms with Gasteiger partial charge in [-0.25, -0.2) is 4.98 Å². The van der Waals surface area contributed by atoms with Crippen LogP contribution in [0.25, 0.3) is 11.1 Å². The lowest BCUT2D eigenvalue weighted by Gasteiger charge is -2.30. The summed E-state index contributed by atoms with van der Waals surface area (Å²) in [6, 6.07) is 7.78. The van der Waals surface area contributed by atoms with Crippen LogP contribution in [0, 0.1) is 0 Å². The van der Waals surface area contributed by atoms with Gasteiger partial charge in [-0.3, -0.25) is 4.79 Å². The van der Waals surface area contributed by atoms with Crippen molar-refractivity contribution in [1.29, 1.82) is 0 Å². The largest absolute Gasteiger partial charge is 0.398 e. The summed E-state index contributed by atoms with van der Waals surface area (Å²) in [6.07, 6.45) is 5.74. The molecule has 6 nitrogen and oxygen atoms in total. The third-order valence-corrected chi connectivity index (χ3v) is 5.78. The molecule has 29 heavy (non-hydrogen) atoms. The summed E-state index contributed by atoms with van der Waals surface area (Å²) in [5.41, 5.74) is 11.8. The molecule has 2 N–H and O–H groups in total. The Hall–Kier alpha value is -2.60. The van der Waals surface area contributed by atoms with E-state index >= 15 is 0 Å². The monoisotopic (exact) mass is 412 g/mol. The standard InChI is InChI=1S/C22H24N4O2.ClH/c1-2-5-17-20-15(12-18(13-9-10-13)24-21(20)28-25-17)22(27)26-11-4-6-14-16(23)7-3-8-19(14)26;/h3,7-8,12-13H,2,4-6,9-11,23H2,1H3;1H. The number of rotatable bonds is 4. The molecule has 0 spiro atoms. The molecule has 0 unspecified atom stereocenters. The minimum atomic E-state index is -0.0126. The quantitative estimate of drug-likeness (QED) is 0.630. The Bertz CT molecular complexity index is 1070. The maximum absolute atomic E-state index is 13.7. The van der Waals surface area contributed by atoms with Gasteiger partial charge >= 0.3 is 0 Å². The molecule has 1 fully saturated rings. The first-order chi connectivity index (χ1) is 13.7. The number of aryl methyl sites for hydroxylation is 1. The van der Waals surface area contributed by atoms with Crippen LogP contribution in [0.5, 0.6) is 0 Å². The molecule has 2 aliphatic rings. The first-order valence-corrected chi connectivity index (χ1v) is 10.2. The van der Waals surface area contributed by atoms with Gasteiger partial charge in [-0.15, -0.1) is 12.4 Å².